The Balaban J connectivity index is 2.07. The lowest BCUT2D eigenvalue weighted by molar-refractivity contribution is -0.122. The highest BCUT2D eigenvalue weighted by Gasteiger charge is 2.12. The number of aryl methyl sites for hydroxylation is 1. The van der Waals surface area contributed by atoms with Gasteiger partial charge in [-0.2, -0.15) is 0 Å². The van der Waals surface area contributed by atoms with Crippen LogP contribution in [-0.4, -0.2) is 11.4 Å². The number of rotatable bonds is 6. The Morgan fingerprint density at radius 2 is 1.72 bits per heavy atom. The van der Waals surface area contributed by atoms with Crippen LogP contribution in [0.5, 0.6) is 0 Å². The maximum Gasteiger partial charge on any atom is 0.220 e. The fourth-order valence-electron chi connectivity index (χ4n) is 1.92. The van der Waals surface area contributed by atoms with Crippen LogP contribution in [0.4, 0.5) is 0 Å². The first-order valence-corrected chi connectivity index (χ1v) is 6.82. The van der Waals surface area contributed by atoms with E-state index in [9.17, 15) is 4.79 Å². The van der Waals surface area contributed by atoms with Crippen molar-refractivity contribution in [1.82, 2.24) is 5.32 Å². The van der Waals surface area contributed by atoms with E-state index in [0.717, 1.165) is 25.7 Å². The van der Waals surface area contributed by atoms with Crippen LogP contribution in [0, 0.1) is 0 Å². The third kappa shape index (κ3) is 7.10. The lowest BCUT2D eigenvalue weighted by atomic mass is 10.1. The Morgan fingerprint density at radius 3 is 2.33 bits per heavy atom. The van der Waals surface area contributed by atoms with E-state index >= 15 is 0 Å². The van der Waals surface area contributed by atoms with Gasteiger partial charge in [-0.05, 0) is 45.6 Å². The molecule has 1 aromatic carbocycles. The Bertz CT molecular complexity index is 351. The molecule has 0 aliphatic rings. The molecule has 0 saturated heterocycles. The molecule has 2 heteroatoms. The van der Waals surface area contributed by atoms with Gasteiger partial charge in [0.05, 0.1) is 0 Å². The first kappa shape index (κ1) is 14.7. The minimum absolute atomic E-state index is 0.110. The van der Waals surface area contributed by atoms with E-state index in [4.69, 9.17) is 0 Å². The molecule has 0 bridgehead atoms. The Labute approximate surface area is 111 Å². The average molecular weight is 247 g/mol. The van der Waals surface area contributed by atoms with Crippen LogP contribution in [-0.2, 0) is 11.2 Å². The maximum absolute atomic E-state index is 11.6. The second-order valence-corrected chi connectivity index (χ2v) is 5.84. The lowest BCUT2D eigenvalue weighted by Crippen LogP contribution is -2.40. The molecule has 0 radical (unpaired) electrons. The van der Waals surface area contributed by atoms with Crippen molar-refractivity contribution < 1.29 is 4.79 Å². The van der Waals surface area contributed by atoms with Crippen molar-refractivity contribution in [2.24, 2.45) is 0 Å². The minimum atomic E-state index is -0.110. The highest BCUT2D eigenvalue weighted by Crippen LogP contribution is 2.08. The summed E-state index contributed by atoms with van der Waals surface area (Å²) in [7, 11) is 0. The summed E-state index contributed by atoms with van der Waals surface area (Å²) in [4.78, 5) is 11.6. The maximum atomic E-state index is 11.6. The molecule has 1 N–H and O–H groups in total. The lowest BCUT2D eigenvalue weighted by Gasteiger charge is -2.20. The smallest absolute Gasteiger partial charge is 0.220 e. The van der Waals surface area contributed by atoms with Crippen molar-refractivity contribution >= 4 is 5.91 Å². The summed E-state index contributed by atoms with van der Waals surface area (Å²) < 4.78 is 0. The Morgan fingerprint density at radius 1 is 1.06 bits per heavy atom. The summed E-state index contributed by atoms with van der Waals surface area (Å²) in [6.45, 7) is 6.04. The van der Waals surface area contributed by atoms with Crippen molar-refractivity contribution in [2.75, 3.05) is 0 Å². The predicted octanol–water partition coefficient (Wildman–Crippen LogP) is 3.70. The summed E-state index contributed by atoms with van der Waals surface area (Å²) in [6, 6.07) is 10.5. The van der Waals surface area contributed by atoms with Gasteiger partial charge in [-0.3, -0.25) is 4.79 Å². The molecule has 0 atom stereocenters. The minimum Gasteiger partial charge on any atom is -0.352 e. The molecule has 0 unspecified atom stereocenters. The van der Waals surface area contributed by atoms with Crippen molar-refractivity contribution in [3.8, 4) is 0 Å². The molecule has 0 aromatic heterocycles. The first-order chi connectivity index (χ1) is 8.47. The molecule has 0 spiro atoms. The molecule has 2 nitrogen and oxygen atoms in total. The van der Waals surface area contributed by atoms with Crippen LogP contribution in [0.2, 0.25) is 0 Å². The van der Waals surface area contributed by atoms with E-state index in [2.05, 4.69) is 29.6 Å². The summed E-state index contributed by atoms with van der Waals surface area (Å²) in [5, 5.41) is 2.99. The van der Waals surface area contributed by atoms with Gasteiger partial charge in [-0.15, -0.1) is 0 Å². The number of benzene rings is 1. The van der Waals surface area contributed by atoms with Gasteiger partial charge < -0.3 is 5.32 Å². The number of carbonyl (C=O) groups excluding carboxylic acids is 1. The van der Waals surface area contributed by atoms with Crippen molar-refractivity contribution in [1.29, 1.82) is 0 Å². The fourth-order valence-corrected chi connectivity index (χ4v) is 1.92. The molecule has 0 aliphatic carbocycles. The van der Waals surface area contributed by atoms with E-state index in [1.807, 2.05) is 26.8 Å². The predicted molar refractivity (Wildman–Crippen MR) is 76.5 cm³/mol. The highest BCUT2D eigenvalue weighted by atomic mass is 16.1. The number of hydrogen-bond acceptors (Lipinski definition) is 1. The molecule has 0 heterocycles. The topological polar surface area (TPSA) is 29.1 Å². The van der Waals surface area contributed by atoms with Crippen LogP contribution in [0.25, 0.3) is 0 Å². The van der Waals surface area contributed by atoms with Crippen molar-refractivity contribution in [2.45, 2.75) is 58.4 Å². The zero-order valence-electron chi connectivity index (χ0n) is 11.8. The quantitative estimate of drug-likeness (QED) is 0.763. The molecule has 100 valence electrons. The zero-order valence-corrected chi connectivity index (χ0v) is 11.8. The molecule has 0 saturated carbocycles. The molecular weight excluding hydrogens is 222 g/mol. The molecule has 18 heavy (non-hydrogen) atoms. The number of carbonyl (C=O) groups is 1. The molecule has 1 aromatic rings. The van der Waals surface area contributed by atoms with Crippen LogP contribution in [0.15, 0.2) is 30.3 Å². The second-order valence-electron chi connectivity index (χ2n) is 5.84. The summed E-state index contributed by atoms with van der Waals surface area (Å²) in [5.74, 6) is 0.169. The van der Waals surface area contributed by atoms with Crippen LogP contribution in [0.3, 0.4) is 0 Å². The van der Waals surface area contributed by atoms with E-state index in [1.165, 1.54) is 5.56 Å². The molecular formula is C16H25NO. The summed E-state index contributed by atoms with van der Waals surface area (Å²) >= 11 is 0. The van der Waals surface area contributed by atoms with E-state index < -0.39 is 0 Å². The monoisotopic (exact) mass is 247 g/mol. The van der Waals surface area contributed by atoms with Gasteiger partial charge in [0.2, 0.25) is 5.91 Å². The van der Waals surface area contributed by atoms with Gasteiger partial charge >= 0.3 is 0 Å². The van der Waals surface area contributed by atoms with Gasteiger partial charge in [0, 0.05) is 12.0 Å². The molecule has 0 fully saturated rings. The third-order valence-corrected chi connectivity index (χ3v) is 2.73. The van der Waals surface area contributed by atoms with E-state index in [1.54, 1.807) is 0 Å². The largest absolute Gasteiger partial charge is 0.352 e. The van der Waals surface area contributed by atoms with E-state index in [0.29, 0.717) is 6.42 Å². The third-order valence-electron chi connectivity index (χ3n) is 2.73. The van der Waals surface area contributed by atoms with Crippen LogP contribution in [0.1, 0.15) is 52.0 Å². The van der Waals surface area contributed by atoms with Gasteiger partial charge in [0.15, 0.2) is 0 Å². The summed E-state index contributed by atoms with van der Waals surface area (Å²) in [6.07, 6.45) is 5.02. The van der Waals surface area contributed by atoms with Gasteiger partial charge in [0.25, 0.3) is 0 Å². The Hall–Kier alpha value is -1.31. The SMILES string of the molecule is CC(C)(C)NC(=O)CCCCCc1ccccc1. The molecule has 1 amide bonds. The van der Waals surface area contributed by atoms with Gasteiger partial charge in [-0.25, -0.2) is 0 Å². The van der Waals surface area contributed by atoms with Crippen LogP contribution >= 0.6 is 0 Å². The van der Waals surface area contributed by atoms with Gasteiger partial charge in [-0.1, -0.05) is 36.8 Å². The highest BCUT2D eigenvalue weighted by molar-refractivity contribution is 5.76. The van der Waals surface area contributed by atoms with E-state index in [-0.39, 0.29) is 11.4 Å². The number of nitrogens with one attached hydrogen (secondary N) is 1. The normalized spacial score (nSPS) is 11.3. The average Bonchev–Trinajstić information content (AvgIpc) is 2.27. The second kappa shape index (κ2) is 7.20. The molecule has 1 rings (SSSR count). The summed E-state index contributed by atoms with van der Waals surface area (Å²) in [5.41, 5.74) is 1.28. The number of hydrogen-bond donors (Lipinski definition) is 1. The fraction of sp³-hybridized carbons (Fsp3) is 0.562. The van der Waals surface area contributed by atoms with Crippen molar-refractivity contribution in [3.63, 3.8) is 0 Å². The van der Waals surface area contributed by atoms with Gasteiger partial charge in [0.1, 0.15) is 0 Å². The van der Waals surface area contributed by atoms with Crippen molar-refractivity contribution in [3.05, 3.63) is 35.9 Å². The molecule has 0 aliphatic heterocycles. The number of amides is 1. The standard InChI is InChI=1S/C16H25NO/c1-16(2,3)17-15(18)13-9-5-8-12-14-10-6-4-7-11-14/h4,6-7,10-11H,5,8-9,12-13H2,1-3H3,(H,17,18). The number of unbranched alkanes of at least 4 members (excludes halogenated alkanes) is 2. The van der Waals surface area contributed by atoms with Crippen LogP contribution < -0.4 is 5.32 Å². The zero-order chi connectivity index (χ0) is 13.4. The first-order valence-electron chi connectivity index (χ1n) is 6.82. The Kier molecular flexibility index (Phi) is 5.90.